The molecule has 0 atom stereocenters. The van der Waals surface area contributed by atoms with Crippen LogP contribution in [0.15, 0.2) is 12.1 Å². The molecule has 1 aromatic carbocycles. The molecule has 2 aromatic rings. The fourth-order valence-electron chi connectivity index (χ4n) is 1.41. The molecule has 0 aliphatic carbocycles. The van der Waals surface area contributed by atoms with E-state index in [-0.39, 0.29) is 10.6 Å². The molecular weight excluding hydrogens is 300 g/mol. The minimum absolute atomic E-state index is 0.0835. The van der Waals surface area contributed by atoms with Gasteiger partial charge in [-0.2, -0.15) is 4.39 Å². The van der Waals surface area contributed by atoms with Gasteiger partial charge in [0.2, 0.25) is 5.82 Å². The molecule has 0 aliphatic rings. The maximum absolute atomic E-state index is 13.9. The van der Waals surface area contributed by atoms with Crippen LogP contribution < -0.4 is 0 Å². The van der Waals surface area contributed by atoms with Crippen LogP contribution >= 0.6 is 22.9 Å². The summed E-state index contributed by atoms with van der Waals surface area (Å²) in [5.74, 6) is -1.71. The Hall–Kier alpha value is -1.67. The topological polar surface area (TPSA) is 68.9 Å². The number of nitrogens with zero attached hydrogens (tertiary/aromatic N) is 3. The molecule has 0 saturated carbocycles. The van der Waals surface area contributed by atoms with Crippen molar-refractivity contribution in [2.24, 2.45) is 0 Å². The zero-order valence-electron chi connectivity index (χ0n) is 9.27. The van der Waals surface area contributed by atoms with Gasteiger partial charge in [0.15, 0.2) is 5.01 Å². The van der Waals surface area contributed by atoms with Gasteiger partial charge >= 0.3 is 5.69 Å². The third kappa shape index (κ3) is 2.85. The van der Waals surface area contributed by atoms with Gasteiger partial charge in [0.05, 0.1) is 16.6 Å². The largest absolute Gasteiger partial charge is 0.308 e. The minimum Gasteiger partial charge on any atom is -0.258 e. The van der Waals surface area contributed by atoms with Crippen molar-refractivity contribution in [2.75, 3.05) is 5.88 Å². The van der Waals surface area contributed by atoms with Crippen molar-refractivity contribution in [1.29, 1.82) is 0 Å². The Morgan fingerprint density at radius 1 is 1.37 bits per heavy atom. The predicted molar refractivity (Wildman–Crippen MR) is 66.3 cm³/mol. The molecule has 5 nitrogen and oxygen atoms in total. The molecule has 0 aliphatic heterocycles. The van der Waals surface area contributed by atoms with Gasteiger partial charge in [0, 0.05) is 12.3 Å². The van der Waals surface area contributed by atoms with Crippen LogP contribution in [0.2, 0.25) is 0 Å². The normalized spacial score (nSPS) is 10.7. The SMILES string of the molecule is O=[N+]([O-])c1cc(F)cc(-c2nnc(CCCl)s2)c1F. The van der Waals surface area contributed by atoms with E-state index in [1.165, 1.54) is 0 Å². The number of hydrogen-bond acceptors (Lipinski definition) is 5. The molecule has 9 heteroatoms. The summed E-state index contributed by atoms with van der Waals surface area (Å²) >= 11 is 6.55. The van der Waals surface area contributed by atoms with Crippen molar-refractivity contribution in [2.45, 2.75) is 6.42 Å². The van der Waals surface area contributed by atoms with Crippen LogP contribution in [0, 0.1) is 21.7 Å². The molecule has 1 aromatic heterocycles. The van der Waals surface area contributed by atoms with Crippen LogP contribution in [0.25, 0.3) is 10.6 Å². The van der Waals surface area contributed by atoms with E-state index in [1.54, 1.807) is 0 Å². The number of rotatable bonds is 4. The predicted octanol–water partition coefficient (Wildman–Crippen LogP) is 3.17. The first-order valence-corrected chi connectivity index (χ1v) is 6.40. The number of nitro benzene ring substituents is 1. The summed E-state index contributed by atoms with van der Waals surface area (Å²) in [6.45, 7) is 0. The lowest BCUT2D eigenvalue weighted by molar-refractivity contribution is -0.387. The molecule has 0 amide bonds. The highest BCUT2D eigenvalue weighted by Crippen LogP contribution is 2.32. The van der Waals surface area contributed by atoms with Gasteiger partial charge in [-0.3, -0.25) is 10.1 Å². The van der Waals surface area contributed by atoms with Crippen molar-refractivity contribution < 1.29 is 13.7 Å². The van der Waals surface area contributed by atoms with E-state index < -0.39 is 22.2 Å². The van der Waals surface area contributed by atoms with Crippen LogP contribution in [-0.4, -0.2) is 21.0 Å². The monoisotopic (exact) mass is 305 g/mol. The standard InChI is InChI=1S/C10H6ClF2N3O2S/c11-2-1-8-14-15-10(19-8)6-3-5(12)4-7(9(6)13)16(17)18/h3-4H,1-2H2. The molecular formula is C10H6ClF2N3O2S. The fraction of sp³-hybridized carbons (Fsp3) is 0.200. The molecule has 0 saturated heterocycles. The molecule has 2 rings (SSSR count). The Morgan fingerprint density at radius 3 is 2.74 bits per heavy atom. The van der Waals surface area contributed by atoms with E-state index in [0.29, 0.717) is 23.4 Å². The first-order chi connectivity index (χ1) is 9.02. The lowest BCUT2D eigenvalue weighted by Gasteiger charge is -2.00. The Labute approximate surface area is 115 Å². The van der Waals surface area contributed by atoms with E-state index in [2.05, 4.69) is 10.2 Å². The molecule has 1 heterocycles. The molecule has 0 bridgehead atoms. The van der Waals surface area contributed by atoms with Gasteiger partial charge in [-0.1, -0.05) is 11.3 Å². The van der Waals surface area contributed by atoms with E-state index >= 15 is 0 Å². The number of aryl methyl sites for hydroxylation is 1. The number of hydrogen-bond donors (Lipinski definition) is 0. The highest BCUT2D eigenvalue weighted by Gasteiger charge is 2.23. The number of nitro groups is 1. The molecule has 0 spiro atoms. The number of alkyl halides is 1. The molecule has 0 radical (unpaired) electrons. The summed E-state index contributed by atoms with van der Waals surface area (Å²) in [7, 11) is 0. The summed E-state index contributed by atoms with van der Waals surface area (Å²) in [5, 5.41) is 18.7. The first-order valence-electron chi connectivity index (χ1n) is 5.05. The van der Waals surface area contributed by atoms with Gasteiger partial charge in [-0.15, -0.1) is 21.8 Å². The van der Waals surface area contributed by atoms with Crippen molar-refractivity contribution in [3.05, 3.63) is 38.9 Å². The maximum atomic E-state index is 13.9. The van der Waals surface area contributed by atoms with Gasteiger partial charge in [-0.05, 0) is 6.07 Å². The summed E-state index contributed by atoms with van der Waals surface area (Å²) in [6.07, 6.45) is 0.443. The van der Waals surface area contributed by atoms with Crippen molar-refractivity contribution in [1.82, 2.24) is 10.2 Å². The van der Waals surface area contributed by atoms with Gasteiger partial charge in [-0.25, -0.2) is 4.39 Å². The number of halogens is 3. The zero-order chi connectivity index (χ0) is 14.0. The van der Waals surface area contributed by atoms with Crippen molar-refractivity contribution in [3.8, 4) is 10.6 Å². The Bertz CT molecular complexity index is 635. The van der Waals surface area contributed by atoms with Crippen molar-refractivity contribution in [3.63, 3.8) is 0 Å². The van der Waals surface area contributed by atoms with Crippen LogP contribution in [0.3, 0.4) is 0 Å². The quantitative estimate of drug-likeness (QED) is 0.494. The summed E-state index contributed by atoms with van der Waals surface area (Å²) in [6, 6.07) is 1.38. The maximum Gasteiger partial charge on any atom is 0.308 e. The number of aromatic nitrogens is 2. The number of benzene rings is 1. The average molecular weight is 306 g/mol. The summed E-state index contributed by atoms with van der Waals surface area (Å²) in [5.41, 5.74) is -1.20. The van der Waals surface area contributed by atoms with E-state index in [9.17, 15) is 18.9 Å². The lowest BCUT2D eigenvalue weighted by Crippen LogP contribution is -1.96. The summed E-state index contributed by atoms with van der Waals surface area (Å²) in [4.78, 5) is 9.63. The second kappa shape index (κ2) is 5.54. The van der Waals surface area contributed by atoms with E-state index in [1.807, 2.05) is 0 Å². The molecule has 0 fully saturated rings. The Morgan fingerprint density at radius 2 is 2.11 bits per heavy atom. The molecule has 0 unspecified atom stereocenters. The van der Waals surface area contributed by atoms with Crippen LogP contribution in [0.5, 0.6) is 0 Å². The van der Waals surface area contributed by atoms with Crippen LogP contribution in [0.1, 0.15) is 5.01 Å². The van der Waals surface area contributed by atoms with Crippen LogP contribution in [0.4, 0.5) is 14.5 Å². The second-order valence-electron chi connectivity index (χ2n) is 3.48. The Kier molecular flexibility index (Phi) is 4.01. The van der Waals surface area contributed by atoms with E-state index in [4.69, 9.17) is 11.6 Å². The first kappa shape index (κ1) is 13.8. The fourth-order valence-corrected chi connectivity index (χ4v) is 2.55. The summed E-state index contributed by atoms with van der Waals surface area (Å²) < 4.78 is 27.2. The minimum atomic E-state index is -1.13. The van der Waals surface area contributed by atoms with Gasteiger partial charge < -0.3 is 0 Å². The third-order valence-corrected chi connectivity index (χ3v) is 3.43. The third-order valence-electron chi connectivity index (χ3n) is 2.22. The average Bonchev–Trinajstić information content (AvgIpc) is 2.80. The van der Waals surface area contributed by atoms with Gasteiger partial charge in [0.25, 0.3) is 0 Å². The van der Waals surface area contributed by atoms with E-state index in [0.717, 1.165) is 17.4 Å². The van der Waals surface area contributed by atoms with Crippen molar-refractivity contribution >= 4 is 28.6 Å². The smallest absolute Gasteiger partial charge is 0.258 e. The second-order valence-corrected chi connectivity index (χ2v) is 4.92. The molecule has 19 heavy (non-hydrogen) atoms. The highest BCUT2D eigenvalue weighted by atomic mass is 35.5. The van der Waals surface area contributed by atoms with Crippen LogP contribution in [-0.2, 0) is 6.42 Å². The van der Waals surface area contributed by atoms with Gasteiger partial charge in [0.1, 0.15) is 10.8 Å². The molecule has 100 valence electrons. The molecule has 0 N–H and O–H groups in total. The highest BCUT2D eigenvalue weighted by molar-refractivity contribution is 7.14. The Balaban J connectivity index is 2.51. The zero-order valence-corrected chi connectivity index (χ0v) is 10.8. The lowest BCUT2D eigenvalue weighted by atomic mass is 10.2.